The normalized spacial score (nSPS) is 25.8. The Labute approximate surface area is 199 Å². The Balaban J connectivity index is 1.33. The average Bonchev–Trinajstić information content (AvgIpc) is 3.63. The molecule has 6 rings (SSSR count). The molecule has 1 heterocycles. The van der Waals surface area contributed by atoms with Gasteiger partial charge in [0.15, 0.2) is 5.69 Å². The third-order valence-electron chi connectivity index (χ3n) is 8.02. The predicted octanol–water partition coefficient (Wildman–Crippen LogP) is 5.95. The molecule has 1 N–H and O–H groups in total. The number of allylic oxidation sites excluding steroid dienone is 1. The van der Waals surface area contributed by atoms with Gasteiger partial charge in [-0.1, -0.05) is 67.4 Å². The molecular weight excluding hydrogens is 430 g/mol. The van der Waals surface area contributed by atoms with E-state index in [0.29, 0.717) is 23.6 Å². The maximum Gasteiger partial charge on any atom is 0.272 e. The monoisotopic (exact) mass is 457 g/mol. The summed E-state index contributed by atoms with van der Waals surface area (Å²) < 4.78 is 1.93. The van der Waals surface area contributed by atoms with Gasteiger partial charge in [-0.3, -0.25) is 9.48 Å². The van der Waals surface area contributed by atoms with Gasteiger partial charge >= 0.3 is 0 Å². The van der Waals surface area contributed by atoms with Crippen molar-refractivity contribution in [2.24, 2.45) is 16.7 Å². The van der Waals surface area contributed by atoms with Gasteiger partial charge in [0.05, 0.1) is 18.3 Å². The predicted molar refractivity (Wildman–Crippen MR) is 131 cm³/mol. The molecule has 0 saturated heterocycles. The molecule has 4 nitrogen and oxygen atoms in total. The van der Waals surface area contributed by atoms with E-state index in [2.05, 4.69) is 62.5 Å². The molecule has 168 valence electrons. The van der Waals surface area contributed by atoms with Crippen LogP contribution in [0.25, 0.3) is 11.3 Å². The van der Waals surface area contributed by atoms with E-state index in [-0.39, 0.29) is 17.4 Å². The SMILES string of the molecule is Cc1ccc(Cn2nc(C(=O)NC3C4=CC45CC5C3(C)C)cc2-c2ccc(Cl)c(C)c2)cc1. The molecule has 1 aromatic heterocycles. The first-order chi connectivity index (χ1) is 15.7. The van der Waals surface area contributed by atoms with E-state index in [1.807, 2.05) is 29.8 Å². The standard InChI is InChI=1S/C28H28ClN3O/c1-16-5-7-18(8-6-16)15-32-23(19-9-10-21(29)17(2)11-19)12-22(31-32)26(33)30-25-20-13-28(20)14-24(28)27(25,3)4/h5-13,24-25H,14-15H2,1-4H3,(H,30,33). The highest BCUT2D eigenvalue weighted by Crippen LogP contribution is 2.81. The van der Waals surface area contributed by atoms with Crippen LogP contribution in [-0.4, -0.2) is 21.7 Å². The molecule has 2 fully saturated rings. The fourth-order valence-corrected chi connectivity index (χ4v) is 6.02. The molecule has 0 aliphatic heterocycles. The van der Waals surface area contributed by atoms with Crippen molar-refractivity contribution in [3.63, 3.8) is 0 Å². The van der Waals surface area contributed by atoms with Crippen LogP contribution in [0.4, 0.5) is 0 Å². The molecule has 0 bridgehead atoms. The zero-order chi connectivity index (χ0) is 23.1. The highest BCUT2D eigenvalue weighted by atomic mass is 35.5. The van der Waals surface area contributed by atoms with Crippen LogP contribution in [0.2, 0.25) is 5.02 Å². The molecule has 1 spiro atoms. The lowest BCUT2D eigenvalue weighted by atomic mass is 9.81. The minimum absolute atomic E-state index is 0.0975. The minimum Gasteiger partial charge on any atom is -0.344 e. The Morgan fingerprint density at radius 3 is 2.58 bits per heavy atom. The maximum absolute atomic E-state index is 13.4. The van der Waals surface area contributed by atoms with Gasteiger partial charge < -0.3 is 5.32 Å². The van der Waals surface area contributed by atoms with Crippen LogP contribution in [0.3, 0.4) is 0 Å². The first-order valence-electron chi connectivity index (χ1n) is 11.6. The molecule has 2 aromatic carbocycles. The fourth-order valence-electron chi connectivity index (χ4n) is 5.90. The van der Waals surface area contributed by atoms with Gasteiger partial charge in [0.2, 0.25) is 0 Å². The summed E-state index contributed by atoms with van der Waals surface area (Å²) in [5, 5.41) is 8.81. The Bertz CT molecular complexity index is 1330. The fraction of sp³-hybridized carbons (Fsp3) is 0.357. The summed E-state index contributed by atoms with van der Waals surface area (Å²) in [6, 6.07) is 16.4. The molecule has 3 unspecified atom stereocenters. The Morgan fingerprint density at radius 2 is 1.91 bits per heavy atom. The molecule has 3 aliphatic carbocycles. The summed E-state index contributed by atoms with van der Waals surface area (Å²) in [4.78, 5) is 13.4. The number of rotatable bonds is 5. The topological polar surface area (TPSA) is 46.9 Å². The average molecular weight is 458 g/mol. The van der Waals surface area contributed by atoms with Crippen molar-refractivity contribution < 1.29 is 4.79 Å². The zero-order valence-corrected chi connectivity index (χ0v) is 20.2. The molecule has 1 amide bonds. The van der Waals surface area contributed by atoms with E-state index in [9.17, 15) is 4.79 Å². The third-order valence-corrected chi connectivity index (χ3v) is 8.44. The van der Waals surface area contributed by atoms with E-state index in [4.69, 9.17) is 16.7 Å². The number of aryl methyl sites for hydroxylation is 2. The second-order valence-corrected chi connectivity index (χ2v) is 11.1. The first-order valence-corrected chi connectivity index (χ1v) is 12.0. The first kappa shape index (κ1) is 20.7. The summed E-state index contributed by atoms with van der Waals surface area (Å²) in [6.45, 7) is 9.23. The number of carbonyl (C=O) groups excluding carboxylic acids is 1. The van der Waals surface area contributed by atoms with Crippen molar-refractivity contribution in [1.29, 1.82) is 0 Å². The van der Waals surface area contributed by atoms with Crippen LogP contribution >= 0.6 is 11.6 Å². The van der Waals surface area contributed by atoms with Crippen LogP contribution in [0.5, 0.6) is 0 Å². The van der Waals surface area contributed by atoms with E-state index in [1.54, 1.807) is 0 Å². The van der Waals surface area contributed by atoms with Gasteiger partial charge in [0, 0.05) is 16.0 Å². The Hall–Kier alpha value is -2.85. The number of hydrogen-bond donors (Lipinski definition) is 1. The van der Waals surface area contributed by atoms with Crippen LogP contribution in [-0.2, 0) is 6.54 Å². The van der Waals surface area contributed by atoms with E-state index in [1.165, 1.54) is 17.6 Å². The van der Waals surface area contributed by atoms with E-state index < -0.39 is 0 Å². The second-order valence-electron chi connectivity index (χ2n) is 10.6. The van der Waals surface area contributed by atoms with Gasteiger partial charge in [-0.05, 0) is 66.5 Å². The Kier molecular flexibility index (Phi) is 4.29. The number of hydrogen-bond acceptors (Lipinski definition) is 2. The van der Waals surface area contributed by atoms with Crippen LogP contribution in [0.1, 0.15) is 47.4 Å². The van der Waals surface area contributed by atoms with Gasteiger partial charge in [0.25, 0.3) is 5.91 Å². The van der Waals surface area contributed by atoms with Crippen molar-refractivity contribution in [2.45, 2.75) is 46.7 Å². The number of nitrogens with one attached hydrogen (secondary N) is 1. The lowest BCUT2D eigenvalue weighted by Gasteiger charge is -2.30. The summed E-state index contributed by atoms with van der Waals surface area (Å²) in [7, 11) is 0. The van der Waals surface area contributed by atoms with Crippen molar-refractivity contribution in [3.05, 3.63) is 87.6 Å². The largest absolute Gasteiger partial charge is 0.344 e. The minimum atomic E-state index is -0.105. The van der Waals surface area contributed by atoms with Crippen LogP contribution in [0.15, 0.2) is 60.2 Å². The highest BCUT2D eigenvalue weighted by molar-refractivity contribution is 6.31. The molecule has 3 aromatic rings. The number of halogens is 1. The third kappa shape index (κ3) is 3.18. The number of nitrogens with zero attached hydrogens (tertiary/aromatic N) is 2. The molecule has 2 saturated carbocycles. The molecule has 3 aliphatic rings. The van der Waals surface area contributed by atoms with Crippen LogP contribution < -0.4 is 5.32 Å². The smallest absolute Gasteiger partial charge is 0.272 e. The Morgan fingerprint density at radius 1 is 1.15 bits per heavy atom. The number of amides is 1. The summed E-state index contributed by atoms with van der Waals surface area (Å²) in [5.41, 5.74) is 7.61. The van der Waals surface area contributed by atoms with Crippen molar-refractivity contribution in [3.8, 4) is 11.3 Å². The quantitative estimate of drug-likeness (QED) is 0.481. The zero-order valence-electron chi connectivity index (χ0n) is 19.4. The maximum atomic E-state index is 13.4. The molecule has 5 heteroatoms. The van der Waals surface area contributed by atoms with Gasteiger partial charge in [-0.2, -0.15) is 5.10 Å². The lowest BCUT2D eigenvalue weighted by molar-refractivity contribution is 0.0905. The number of carbonyl (C=O) groups is 1. The second kappa shape index (κ2) is 6.83. The highest BCUT2D eigenvalue weighted by Gasteiger charge is 2.77. The lowest BCUT2D eigenvalue weighted by Crippen LogP contribution is -2.44. The van der Waals surface area contributed by atoms with E-state index in [0.717, 1.165) is 27.4 Å². The molecule has 33 heavy (non-hydrogen) atoms. The van der Waals surface area contributed by atoms with Gasteiger partial charge in [-0.15, -0.1) is 0 Å². The molecule has 3 atom stereocenters. The van der Waals surface area contributed by atoms with Gasteiger partial charge in [-0.25, -0.2) is 0 Å². The molecule has 0 radical (unpaired) electrons. The van der Waals surface area contributed by atoms with Gasteiger partial charge in [0.1, 0.15) is 0 Å². The molecular formula is C28H28ClN3O. The number of aromatic nitrogens is 2. The van der Waals surface area contributed by atoms with Crippen molar-refractivity contribution in [2.75, 3.05) is 0 Å². The summed E-state index contributed by atoms with van der Waals surface area (Å²) >= 11 is 6.27. The van der Waals surface area contributed by atoms with Crippen LogP contribution in [0, 0.1) is 30.6 Å². The summed E-state index contributed by atoms with van der Waals surface area (Å²) in [6.07, 6.45) is 3.62. The summed E-state index contributed by atoms with van der Waals surface area (Å²) in [5.74, 6) is 0.573. The van der Waals surface area contributed by atoms with E-state index >= 15 is 0 Å². The van der Waals surface area contributed by atoms with Crippen molar-refractivity contribution in [1.82, 2.24) is 15.1 Å². The number of benzene rings is 2. The van der Waals surface area contributed by atoms with Crippen molar-refractivity contribution >= 4 is 17.5 Å².